The second kappa shape index (κ2) is 9.00. The number of allylic oxidation sites excluding steroid dienone is 1. The van der Waals surface area contributed by atoms with E-state index >= 15 is 0 Å². The highest BCUT2D eigenvalue weighted by Crippen LogP contribution is 2.43. The van der Waals surface area contributed by atoms with Gasteiger partial charge in [0, 0.05) is 35.0 Å². The normalized spacial score (nSPS) is 16.3. The summed E-state index contributed by atoms with van der Waals surface area (Å²) in [6.45, 7) is 10.8. The minimum Gasteiger partial charge on any atom is -0.401 e. The molecule has 0 spiro atoms. The number of ketones is 1. The number of nitrogens with zero attached hydrogens (tertiary/aromatic N) is 4. The van der Waals surface area contributed by atoms with E-state index in [-0.39, 0.29) is 5.78 Å². The molecule has 1 aliphatic rings. The Bertz CT molecular complexity index is 1380. The van der Waals surface area contributed by atoms with Crippen LogP contribution in [0.5, 0.6) is 0 Å². The zero-order chi connectivity index (χ0) is 24.0. The average Bonchev–Trinajstić information content (AvgIpc) is 3.47. The Labute approximate surface area is 203 Å². The molecule has 1 aliphatic heterocycles. The Morgan fingerprint density at radius 2 is 2.09 bits per heavy atom. The first kappa shape index (κ1) is 22.8. The lowest BCUT2D eigenvalue weighted by molar-refractivity contribution is -0.112. The summed E-state index contributed by atoms with van der Waals surface area (Å²) in [6.07, 6.45) is 7.44. The number of aromatic amines is 1. The summed E-state index contributed by atoms with van der Waals surface area (Å²) in [5.74, 6) is 0.981. The molecule has 0 aromatic carbocycles. The van der Waals surface area contributed by atoms with Gasteiger partial charge in [0.15, 0.2) is 11.4 Å². The van der Waals surface area contributed by atoms with Gasteiger partial charge in [-0.15, -0.1) is 11.3 Å². The summed E-state index contributed by atoms with van der Waals surface area (Å²) in [5.41, 5.74) is 13.6. The first-order chi connectivity index (χ1) is 16.3. The quantitative estimate of drug-likeness (QED) is 0.383. The Balaban J connectivity index is 1.40. The van der Waals surface area contributed by atoms with Crippen molar-refractivity contribution in [3.05, 3.63) is 52.4 Å². The lowest BCUT2D eigenvalue weighted by atomic mass is 9.95. The molecule has 4 aromatic heterocycles. The van der Waals surface area contributed by atoms with Gasteiger partial charge >= 0.3 is 0 Å². The minimum atomic E-state index is 0.0118. The van der Waals surface area contributed by atoms with Gasteiger partial charge < -0.3 is 10.7 Å². The maximum atomic E-state index is 11.3. The predicted octanol–water partition coefficient (Wildman–Crippen LogP) is 4.98. The van der Waals surface area contributed by atoms with Gasteiger partial charge in [0.1, 0.15) is 6.33 Å². The number of aromatic nitrogens is 4. The van der Waals surface area contributed by atoms with E-state index in [1.54, 1.807) is 19.3 Å². The number of likely N-dealkylation sites (tertiary alicyclic amines) is 1. The van der Waals surface area contributed by atoms with Gasteiger partial charge in [0.25, 0.3) is 0 Å². The summed E-state index contributed by atoms with van der Waals surface area (Å²) in [6, 6.07) is 4.56. The van der Waals surface area contributed by atoms with Crippen molar-refractivity contribution in [1.82, 2.24) is 24.5 Å². The molecular formula is C26H32N6OS. The van der Waals surface area contributed by atoms with E-state index in [9.17, 15) is 4.79 Å². The number of piperidine rings is 1. The molecule has 34 heavy (non-hydrogen) atoms. The maximum absolute atomic E-state index is 11.3. The van der Waals surface area contributed by atoms with Crippen molar-refractivity contribution >= 4 is 33.0 Å². The smallest absolute Gasteiger partial charge is 0.158 e. The van der Waals surface area contributed by atoms with Gasteiger partial charge in [-0.25, -0.2) is 9.50 Å². The van der Waals surface area contributed by atoms with Crippen LogP contribution in [0.25, 0.3) is 27.1 Å². The molecule has 7 nitrogen and oxygen atoms in total. The number of hydrogen-bond acceptors (Lipinski definition) is 6. The number of nitrogens with one attached hydrogen (secondary N) is 1. The highest BCUT2D eigenvalue weighted by atomic mass is 32.1. The van der Waals surface area contributed by atoms with Gasteiger partial charge in [0.05, 0.1) is 15.9 Å². The number of hydrogen-bond donors (Lipinski definition) is 2. The third-order valence-electron chi connectivity index (χ3n) is 6.73. The van der Waals surface area contributed by atoms with Gasteiger partial charge in [-0.05, 0) is 74.9 Å². The van der Waals surface area contributed by atoms with Crippen LogP contribution in [0.15, 0.2) is 36.4 Å². The number of H-pyrrole nitrogens is 1. The van der Waals surface area contributed by atoms with Crippen LogP contribution in [0.1, 0.15) is 61.5 Å². The SMILES string of the molecule is CC(=O)C=C(N)CN1CCC(c2cc3[nH]c(-c4cc(C)c5ncnn5c4)c(C(C)C)c3s2)CC1. The van der Waals surface area contributed by atoms with E-state index < -0.39 is 0 Å². The lowest BCUT2D eigenvalue weighted by Crippen LogP contribution is -2.35. The van der Waals surface area contributed by atoms with Crippen LogP contribution < -0.4 is 5.73 Å². The molecule has 0 radical (unpaired) electrons. The molecule has 3 N–H and O–H groups in total. The third kappa shape index (κ3) is 4.28. The summed E-state index contributed by atoms with van der Waals surface area (Å²) < 4.78 is 3.23. The van der Waals surface area contributed by atoms with Crippen molar-refractivity contribution in [2.24, 2.45) is 5.73 Å². The molecule has 5 rings (SSSR count). The molecule has 1 saturated heterocycles. The predicted molar refractivity (Wildman–Crippen MR) is 138 cm³/mol. The van der Waals surface area contributed by atoms with Crippen molar-refractivity contribution in [3.8, 4) is 11.3 Å². The molecule has 0 saturated carbocycles. The van der Waals surface area contributed by atoms with E-state index in [0.29, 0.717) is 24.1 Å². The van der Waals surface area contributed by atoms with Gasteiger partial charge in [-0.1, -0.05) is 13.8 Å². The molecule has 0 aliphatic carbocycles. The van der Waals surface area contributed by atoms with Crippen molar-refractivity contribution in [2.75, 3.05) is 19.6 Å². The zero-order valence-corrected chi connectivity index (χ0v) is 21.1. The largest absolute Gasteiger partial charge is 0.401 e. The molecule has 4 aromatic rings. The molecule has 0 unspecified atom stereocenters. The second-order valence-electron chi connectivity index (χ2n) is 9.78. The molecule has 5 heterocycles. The first-order valence-electron chi connectivity index (χ1n) is 11.9. The summed E-state index contributed by atoms with van der Waals surface area (Å²) in [7, 11) is 0. The number of nitrogens with two attached hydrogens (primary N) is 1. The van der Waals surface area contributed by atoms with Crippen molar-refractivity contribution in [1.29, 1.82) is 0 Å². The molecule has 8 heteroatoms. The van der Waals surface area contributed by atoms with E-state index in [1.165, 1.54) is 26.4 Å². The van der Waals surface area contributed by atoms with E-state index in [0.717, 1.165) is 42.7 Å². The number of fused-ring (bicyclic) bond motifs is 2. The number of aryl methyl sites for hydroxylation is 1. The maximum Gasteiger partial charge on any atom is 0.158 e. The molecular weight excluding hydrogens is 444 g/mol. The standard InChI is InChI=1S/C26H32N6OS/c1-15(2)23-24(19-9-16(3)26-28-14-29-32(26)12-19)30-21-11-22(34-25(21)23)18-5-7-31(8-6-18)13-20(27)10-17(4)33/h9-12,14-15,18,30H,5-8,13,27H2,1-4H3. The first-order valence-corrected chi connectivity index (χ1v) is 12.8. The lowest BCUT2D eigenvalue weighted by Gasteiger charge is -2.31. The topological polar surface area (TPSA) is 92.3 Å². The fraction of sp³-hybridized carbons (Fsp3) is 0.423. The van der Waals surface area contributed by atoms with E-state index in [4.69, 9.17) is 5.73 Å². The zero-order valence-electron chi connectivity index (χ0n) is 20.3. The Kier molecular flexibility index (Phi) is 6.04. The van der Waals surface area contributed by atoms with Crippen LogP contribution >= 0.6 is 11.3 Å². The molecule has 0 bridgehead atoms. The minimum absolute atomic E-state index is 0.0118. The van der Waals surface area contributed by atoms with Crippen LogP contribution in [0.3, 0.4) is 0 Å². The molecule has 0 atom stereocenters. The van der Waals surface area contributed by atoms with Gasteiger partial charge in [-0.2, -0.15) is 5.10 Å². The van der Waals surface area contributed by atoms with Crippen LogP contribution in [-0.4, -0.2) is 49.9 Å². The molecule has 0 amide bonds. The molecule has 178 valence electrons. The average molecular weight is 477 g/mol. The van der Waals surface area contributed by atoms with Crippen molar-refractivity contribution < 1.29 is 4.79 Å². The van der Waals surface area contributed by atoms with Gasteiger partial charge in [0.2, 0.25) is 0 Å². The number of carbonyl (C=O) groups excluding carboxylic acids is 1. The van der Waals surface area contributed by atoms with Crippen molar-refractivity contribution in [3.63, 3.8) is 0 Å². The number of rotatable bonds is 6. The highest BCUT2D eigenvalue weighted by Gasteiger charge is 2.25. The summed E-state index contributed by atoms with van der Waals surface area (Å²) in [4.78, 5) is 23.2. The Morgan fingerprint density at radius 3 is 2.79 bits per heavy atom. The summed E-state index contributed by atoms with van der Waals surface area (Å²) >= 11 is 1.94. The summed E-state index contributed by atoms with van der Waals surface area (Å²) in [5, 5.41) is 4.36. The Morgan fingerprint density at radius 1 is 1.32 bits per heavy atom. The fourth-order valence-electron chi connectivity index (χ4n) is 5.17. The van der Waals surface area contributed by atoms with Crippen LogP contribution in [0, 0.1) is 6.92 Å². The van der Waals surface area contributed by atoms with Crippen molar-refractivity contribution in [2.45, 2.75) is 52.4 Å². The van der Waals surface area contributed by atoms with E-state index in [1.807, 2.05) is 15.9 Å². The second-order valence-corrected chi connectivity index (χ2v) is 10.9. The fourth-order valence-corrected chi connectivity index (χ4v) is 6.65. The molecule has 1 fully saturated rings. The van der Waals surface area contributed by atoms with Crippen LogP contribution in [-0.2, 0) is 4.79 Å². The van der Waals surface area contributed by atoms with Crippen LogP contribution in [0.4, 0.5) is 0 Å². The van der Waals surface area contributed by atoms with E-state index in [2.05, 4.69) is 59.1 Å². The van der Waals surface area contributed by atoms with Gasteiger partial charge in [-0.3, -0.25) is 9.69 Å². The number of pyridine rings is 1. The number of thiophene rings is 1. The Hall–Kier alpha value is -2.97. The highest BCUT2D eigenvalue weighted by molar-refractivity contribution is 7.19. The van der Waals surface area contributed by atoms with Crippen LogP contribution in [0.2, 0.25) is 0 Å². The third-order valence-corrected chi connectivity index (χ3v) is 8.07. The monoisotopic (exact) mass is 476 g/mol. The number of carbonyl (C=O) groups is 1.